The topological polar surface area (TPSA) is 59.3 Å². The summed E-state index contributed by atoms with van der Waals surface area (Å²) in [7, 11) is 1.60. The molecule has 1 unspecified atom stereocenters. The summed E-state index contributed by atoms with van der Waals surface area (Å²) < 4.78 is 10.8. The second-order valence-electron chi connectivity index (χ2n) is 6.97. The highest BCUT2D eigenvalue weighted by Crippen LogP contribution is 2.29. The zero-order valence-electron chi connectivity index (χ0n) is 17.5. The molecule has 0 aliphatic rings. The molecule has 0 aromatic heterocycles. The molecule has 0 radical (unpaired) electrons. The van der Waals surface area contributed by atoms with Crippen molar-refractivity contribution in [1.29, 1.82) is 5.26 Å². The van der Waals surface area contributed by atoms with Crippen LogP contribution in [-0.2, 0) is 9.53 Å². The molecule has 4 nitrogen and oxygen atoms in total. The van der Waals surface area contributed by atoms with Gasteiger partial charge in [-0.15, -0.1) is 0 Å². The molecule has 0 N–H and O–H groups in total. The average molecular weight is 392 g/mol. The number of esters is 1. The third-order valence-electron chi connectivity index (χ3n) is 5.00. The Kier molecular flexibility index (Phi) is 8.98. The first-order valence-corrected chi connectivity index (χ1v) is 10.2. The van der Waals surface area contributed by atoms with E-state index in [2.05, 4.69) is 19.9 Å². The molecule has 4 heteroatoms. The minimum absolute atomic E-state index is 0.0201. The van der Waals surface area contributed by atoms with Gasteiger partial charge < -0.3 is 9.47 Å². The van der Waals surface area contributed by atoms with E-state index in [-0.39, 0.29) is 5.57 Å². The Morgan fingerprint density at radius 3 is 2.24 bits per heavy atom. The Hall–Kier alpha value is -3.06. The molecule has 0 aliphatic carbocycles. The number of hydrogen-bond acceptors (Lipinski definition) is 4. The summed E-state index contributed by atoms with van der Waals surface area (Å²) in [5, 5.41) is 9.82. The Morgan fingerprint density at radius 1 is 1.03 bits per heavy atom. The van der Waals surface area contributed by atoms with Crippen molar-refractivity contribution in [3.63, 3.8) is 0 Å². The lowest BCUT2D eigenvalue weighted by Crippen LogP contribution is -2.16. The van der Waals surface area contributed by atoms with E-state index in [1.807, 2.05) is 54.6 Å². The van der Waals surface area contributed by atoms with Crippen molar-refractivity contribution >= 4 is 11.5 Å². The monoisotopic (exact) mass is 391 g/mol. The van der Waals surface area contributed by atoms with Gasteiger partial charge >= 0.3 is 5.97 Å². The van der Waals surface area contributed by atoms with Gasteiger partial charge in [0.25, 0.3) is 0 Å². The second-order valence-corrected chi connectivity index (χ2v) is 6.97. The zero-order valence-corrected chi connectivity index (χ0v) is 17.5. The molecule has 152 valence electrons. The maximum atomic E-state index is 12.9. The van der Waals surface area contributed by atoms with E-state index < -0.39 is 5.97 Å². The van der Waals surface area contributed by atoms with Gasteiger partial charge in [-0.2, -0.15) is 5.26 Å². The van der Waals surface area contributed by atoms with Crippen LogP contribution in [0.1, 0.15) is 50.7 Å². The van der Waals surface area contributed by atoms with E-state index in [0.29, 0.717) is 23.8 Å². The van der Waals surface area contributed by atoms with E-state index in [9.17, 15) is 10.1 Å². The fraction of sp³-hybridized carbons (Fsp3) is 0.360. The normalized spacial score (nSPS) is 12.5. The molecule has 0 bridgehead atoms. The highest BCUT2D eigenvalue weighted by Gasteiger charge is 2.21. The van der Waals surface area contributed by atoms with Crippen LogP contribution in [0.2, 0.25) is 0 Å². The predicted molar refractivity (Wildman–Crippen MR) is 115 cm³/mol. The lowest BCUT2D eigenvalue weighted by Gasteiger charge is -2.16. The Balaban J connectivity index is 2.38. The van der Waals surface area contributed by atoms with Gasteiger partial charge in [0, 0.05) is 5.57 Å². The molecule has 0 saturated carbocycles. The Bertz CT molecular complexity index is 848. The van der Waals surface area contributed by atoms with Crippen molar-refractivity contribution in [3.8, 4) is 11.8 Å². The maximum Gasteiger partial charge on any atom is 0.349 e. The second kappa shape index (κ2) is 11.7. The van der Waals surface area contributed by atoms with E-state index in [4.69, 9.17) is 9.47 Å². The number of benzene rings is 2. The molecule has 0 heterocycles. The van der Waals surface area contributed by atoms with Gasteiger partial charge in [-0.05, 0) is 35.6 Å². The molecule has 2 rings (SSSR count). The van der Waals surface area contributed by atoms with Crippen molar-refractivity contribution in [2.75, 3.05) is 13.7 Å². The standard InChI is InChI=1S/C25H29NO3/c1-4-6-10-19(5-2)18-29-25(27)23(17-26)24(20-11-8-7-9-12-20)21-13-15-22(28-3)16-14-21/h7-9,11-16,19H,4-6,10,18H2,1-3H3/b24-23+. The molecule has 2 aromatic carbocycles. The lowest BCUT2D eigenvalue weighted by molar-refractivity contribution is -0.139. The number of nitrogens with zero attached hydrogens (tertiary/aromatic N) is 1. The van der Waals surface area contributed by atoms with E-state index in [1.165, 1.54) is 0 Å². The zero-order chi connectivity index (χ0) is 21.1. The molecule has 0 amide bonds. The van der Waals surface area contributed by atoms with Gasteiger partial charge in [0.15, 0.2) is 0 Å². The van der Waals surface area contributed by atoms with Crippen molar-refractivity contribution in [1.82, 2.24) is 0 Å². The molecular weight excluding hydrogens is 362 g/mol. The minimum Gasteiger partial charge on any atom is -0.497 e. The molecule has 0 fully saturated rings. The van der Waals surface area contributed by atoms with Gasteiger partial charge in [0.2, 0.25) is 0 Å². The molecule has 29 heavy (non-hydrogen) atoms. The van der Waals surface area contributed by atoms with Crippen LogP contribution >= 0.6 is 0 Å². The molecule has 0 aliphatic heterocycles. The van der Waals surface area contributed by atoms with Crippen LogP contribution in [0, 0.1) is 17.2 Å². The molecular formula is C25H29NO3. The van der Waals surface area contributed by atoms with Crippen LogP contribution in [0.4, 0.5) is 0 Å². The highest BCUT2D eigenvalue weighted by molar-refractivity contribution is 6.05. The Labute approximate surface area is 173 Å². The van der Waals surface area contributed by atoms with Crippen LogP contribution in [-0.4, -0.2) is 19.7 Å². The summed E-state index contributed by atoms with van der Waals surface area (Å²) in [6.45, 7) is 4.59. The van der Waals surface area contributed by atoms with Crippen LogP contribution in [0.5, 0.6) is 5.75 Å². The fourth-order valence-corrected chi connectivity index (χ4v) is 3.19. The Morgan fingerprint density at radius 2 is 1.69 bits per heavy atom. The van der Waals surface area contributed by atoms with Crippen LogP contribution in [0.25, 0.3) is 5.57 Å². The van der Waals surface area contributed by atoms with Gasteiger partial charge in [0.1, 0.15) is 17.4 Å². The van der Waals surface area contributed by atoms with Crippen LogP contribution < -0.4 is 4.74 Å². The van der Waals surface area contributed by atoms with Gasteiger partial charge in [-0.1, -0.05) is 75.6 Å². The third kappa shape index (κ3) is 6.22. The molecule has 0 saturated heterocycles. The number of rotatable bonds is 10. The summed E-state index contributed by atoms with van der Waals surface area (Å²) in [5.74, 6) is 0.459. The van der Waals surface area contributed by atoms with E-state index in [0.717, 1.165) is 36.8 Å². The van der Waals surface area contributed by atoms with Crippen LogP contribution in [0.15, 0.2) is 60.2 Å². The van der Waals surface area contributed by atoms with E-state index >= 15 is 0 Å². The number of carbonyl (C=O) groups is 1. The van der Waals surface area contributed by atoms with Gasteiger partial charge in [-0.3, -0.25) is 0 Å². The number of methoxy groups -OCH3 is 1. The first kappa shape index (κ1) is 22.2. The number of nitriles is 1. The first-order valence-electron chi connectivity index (χ1n) is 10.2. The maximum absolute atomic E-state index is 12.9. The summed E-state index contributed by atoms with van der Waals surface area (Å²) in [6, 6.07) is 18.9. The number of hydrogen-bond donors (Lipinski definition) is 0. The third-order valence-corrected chi connectivity index (χ3v) is 5.00. The van der Waals surface area contributed by atoms with Gasteiger partial charge in [-0.25, -0.2) is 4.79 Å². The van der Waals surface area contributed by atoms with Crippen molar-refractivity contribution < 1.29 is 14.3 Å². The smallest absolute Gasteiger partial charge is 0.349 e. The average Bonchev–Trinajstić information content (AvgIpc) is 2.78. The molecule has 1 atom stereocenters. The summed E-state index contributed by atoms with van der Waals surface area (Å²) >= 11 is 0. The number of unbranched alkanes of at least 4 members (excludes halogenated alkanes) is 1. The molecule has 2 aromatic rings. The van der Waals surface area contributed by atoms with Crippen molar-refractivity contribution in [3.05, 3.63) is 71.3 Å². The predicted octanol–water partition coefficient (Wildman–Crippen LogP) is 5.78. The SMILES string of the molecule is CCCCC(CC)COC(=O)/C(C#N)=C(\c1ccccc1)c1ccc(OC)cc1. The number of carbonyl (C=O) groups excluding carboxylic acids is 1. The lowest BCUT2D eigenvalue weighted by atomic mass is 9.93. The van der Waals surface area contributed by atoms with E-state index in [1.54, 1.807) is 7.11 Å². The summed E-state index contributed by atoms with van der Waals surface area (Å²) in [5.41, 5.74) is 2.15. The van der Waals surface area contributed by atoms with Crippen LogP contribution in [0.3, 0.4) is 0 Å². The van der Waals surface area contributed by atoms with Crippen molar-refractivity contribution in [2.45, 2.75) is 39.5 Å². The highest BCUT2D eigenvalue weighted by atomic mass is 16.5. The first-order chi connectivity index (χ1) is 14.1. The fourth-order valence-electron chi connectivity index (χ4n) is 3.19. The number of ether oxygens (including phenoxy) is 2. The van der Waals surface area contributed by atoms with Crippen molar-refractivity contribution in [2.24, 2.45) is 5.92 Å². The quantitative estimate of drug-likeness (QED) is 0.293. The van der Waals surface area contributed by atoms with Gasteiger partial charge in [0.05, 0.1) is 13.7 Å². The summed E-state index contributed by atoms with van der Waals surface area (Å²) in [4.78, 5) is 12.9. The largest absolute Gasteiger partial charge is 0.497 e. The molecule has 0 spiro atoms. The minimum atomic E-state index is -0.572. The summed E-state index contributed by atoms with van der Waals surface area (Å²) in [6.07, 6.45) is 4.19.